The Hall–Kier alpha value is -1.65. The summed E-state index contributed by atoms with van der Waals surface area (Å²) >= 11 is 0. The van der Waals surface area contributed by atoms with Crippen molar-refractivity contribution < 1.29 is 9.59 Å². The maximum Gasteiger partial charge on any atom is 0.236 e. The second-order valence-corrected chi connectivity index (χ2v) is 5.11. The van der Waals surface area contributed by atoms with E-state index in [0.717, 1.165) is 5.69 Å². The molecule has 0 aliphatic carbocycles. The molecule has 1 N–H and O–H groups in total. The summed E-state index contributed by atoms with van der Waals surface area (Å²) in [5, 5.41) is 0. The molecule has 1 aromatic rings. The number of nitrogens with one attached hydrogen (secondary N) is 1. The van der Waals surface area contributed by atoms with E-state index < -0.39 is 5.41 Å². The Morgan fingerprint density at radius 3 is 2.71 bits per heavy atom. The standard InChI is InChI=1S/C12H17N3O2/c1-8(2)12(3)4-10(16)15(11(12)17)6-9-5-13-7-14-9/h5,7-8H,4,6H2,1-3H3,(H,13,14). The molecule has 0 spiro atoms. The molecular weight excluding hydrogens is 218 g/mol. The van der Waals surface area contributed by atoms with Crippen LogP contribution in [0.3, 0.4) is 0 Å². The van der Waals surface area contributed by atoms with Crippen LogP contribution in [0.1, 0.15) is 32.9 Å². The summed E-state index contributed by atoms with van der Waals surface area (Å²) in [6, 6.07) is 0. The third kappa shape index (κ3) is 1.85. The summed E-state index contributed by atoms with van der Waals surface area (Å²) < 4.78 is 0. The van der Waals surface area contributed by atoms with E-state index in [9.17, 15) is 9.59 Å². The van der Waals surface area contributed by atoms with Crippen LogP contribution < -0.4 is 0 Å². The Balaban J connectivity index is 2.20. The van der Waals surface area contributed by atoms with Crippen LogP contribution in [0, 0.1) is 11.3 Å². The van der Waals surface area contributed by atoms with Crippen LogP contribution in [-0.2, 0) is 16.1 Å². The van der Waals surface area contributed by atoms with Gasteiger partial charge in [-0.1, -0.05) is 13.8 Å². The van der Waals surface area contributed by atoms with E-state index in [1.165, 1.54) is 4.90 Å². The first-order valence-corrected chi connectivity index (χ1v) is 5.77. The second-order valence-electron chi connectivity index (χ2n) is 5.11. The topological polar surface area (TPSA) is 66.1 Å². The Morgan fingerprint density at radius 1 is 1.53 bits per heavy atom. The number of hydrogen-bond acceptors (Lipinski definition) is 3. The van der Waals surface area contributed by atoms with Crippen LogP contribution in [-0.4, -0.2) is 26.7 Å². The van der Waals surface area contributed by atoms with Crippen molar-refractivity contribution in [3.05, 3.63) is 18.2 Å². The predicted molar refractivity (Wildman–Crippen MR) is 61.7 cm³/mol. The molecule has 0 aromatic carbocycles. The highest BCUT2D eigenvalue weighted by Gasteiger charge is 2.49. The smallest absolute Gasteiger partial charge is 0.236 e. The number of aromatic nitrogens is 2. The summed E-state index contributed by atoms with van der Waals surface area (Å²) in [7, 11) is 0. The van der Waals surface area contributed by atoms with Gasteiger partial charge in [-0.2, -0.15) is 0 Å². The molecule has 92 valence electrons. The largest absolute Gasteiger partial charge is 0.347 e. The minimum atomic E-state index is -0.558. The zero-order valence-electron chi connectivity index (χ0n) is 10.4. The molecule has 2 heterocycles. The summed E-state index contributed by atoms with van der Waals surface area (Å²) in [5.74, 6) is -0.0152. The first kappa shape index (κ1) is 11.8. The fourth-order valence-electron chi connectivity index (χ4n) is 2.06. The lowest BCUT2D eigenvalue weighted by atomic mass is 9.78. The Kier molecular flexibility index (Phi) is 2.77. The normalized spacial score (nSPS) is 25.1. The summed E-state index contributed by atoms with van der Waals surface area (Å²) in [5.41, 5.74) is 0.219. The van der Waals surface area contributed by atoms with E-state index in [4.69, 9.17) is 0 Å². The fraction of sp³-hybridized carbons (Fsp3) is 0.583. The SMILES string of the molecule is CC(C)C1(C)CC(=O)N(Cc2cnc[nH]2)C1=O. The average Bonchev–Trinajstić information content (AvgIpc) is 2.82. The van der Waals surface area contributed by atoms with Gasteiger partial charge in [-0.15, -0.1) is 0 Å². The number of imidazole rings is 1. The van der Waals surface area contributed by atoms with Crippen molar-refractivity contribution in [3.8, 4) is 0 Å². The van der Waals surface area contributed by atoms with E-state index in [2.05, 4.69) is 9.97 Å². The molecule has 0 saturated carbocycles. The van der Waals surface area contributed by atoms with Gasteiger partial charge >= 0.3 is 0 Å². The van der Waals surface area contributed by atoms with Gasteiger partial charge in [0.2, 0.25) is 11.8 Å². The molecule has 1 saturated heterocycles. The first-order chi connectivity index (χ1) is 7.95. The molecule has 1 aromatic heterocycles. The minimum absolute atomic E-state index is 0.0768. The molecule has 1 unspecified atom stereocenters. The summed E-state index contributed by atoms with van der Waals surface area (Å²) in [4.78, 5) is 32.3. The van der Waals surface area contributed by atoms with Gasteiger partial charge in [0.05, 0.1) is 24.0 Å². The molecule has 2 rings (SSSR count). The summed E-state index contributed by atoms with van der Waals surface area (Å²) in [6.07, 6.45) is 3.48. The number of H-pyrrole nitrogens is 1. The van der Waals surface area contributed by atoms with Gasteiger partial charge in [0.15, 0.2) is 0 Å². The molecule has 0 radical (unpaired) electrons. The van der Waals surface area contributed by atoms with Crippen molar-refractivity contribution >= 4 is 11.8 Å². The van der Waals surface area contributed by atoms with Gasteiger partial charge in [-0.3, -0.25) is 14.5 Å². The molecule has 1 atom stereocenters. The van der Waals surface area contributed by atoms with Crippen molar-refractivity contribution in [2.45, 2.75) is 33.7 Å². The van der Waals surface area contributed by atoms with Crippen molar-refractivity contribution in [1.82, 2.24) is 14.9 Å². The van der Waals surface area contributed by atoms with Gasteiger partial charge in [0, 0.05) is 12.6 Å². The minimum Gasteiger partial charge on any atom is -0.347 e. The third-order valence-corrected chi connectivity index (χ3v) is 3.71. The Labute approximate surface area is 100 Å². The maximum absolute atomic E-state index is 12.3. The number of likely N-dealkylation sites (tertiary alicyclic amines) is 1. The molecule has 5 heteroatoms. The average molecular weight is 235 g/mol. The quantitative estimate of drug-likeness (QED) is 0.804. The van der Waals surface area contributed by atoms with E-state index in [0.29, 0.717) is 13.0 Å². The van der Waals surface area contributed by atoms with Crippen LogP contribution in [0.25, 0.3) is 0 Å². The van der Waals surface area contributed by atoms with Gasteiger partial charge in [-0.05, 0) is 12.8 Å². The number of amides is 2. The van der Waals surface area contributed by atoms with Crippen molar-refractivity contribution in [1.29, 1.82) is 0 Å². The Morgan fingerprint density at radius 2 is 2.24 bits per heavy atom. The van der Waals surface area contributed by atoms with E-state index in [-0.39, 0.29) is 17.7 Å². The van der Waals surface area contributed by atoms with Crippen LogP contribution >= 0.6 is 0 Å². The molecule has 0 bridgehead atoms. The molecule has 1 aliphatic rings. The van der Waals surface area contributed by atoms with Crippen molar-refractivity contribution in [2.75, 3.05) is 0 Å². The lowest BCUT2D eigenvalue weighted by Crippen LogP contribution is -2.36. The van der Waals surface area contributed by atoms with Gasteiger partial charge < -0.3 is 4.98 Å². The van der Waals surface area contributed by atoms with Crippen LogP contribution in [0.2, 0.25) is 0 Å². The number of rotatable bonds is 3. The van der Waals surface area contributed by atoms with Gasteiger partial charge in [0.1, 0.15) is 0 Å². The fourth-order valence-corrected chi connectivity index (χ4v) is 2.06. The molecular formula is C12H17N3O2. The van der Waals surface area contributed by atoms with E-state index in [1.807, 2.05) is 20.8 Å². The van der Waals surface area contributed by atoms with Gasteiger partial charge in [-0.25, -0.2) is 4.98 Å². The number of imide groups is 1. The molecule has 2 amide bonds. The molecule has 17 heavy (non-hydrogen) atoms. The molecule has 5 nitrogen and oxygen atoms in total. The lowest BCUT2D eigenvalue weighted by Gasteiger charge is -2.25. The van der Waals surface area contributed by atoms with Crippen LogP contribution in [0.5, 0.6) is 0 Å². The number of carbonyl (C=O) groups excluding carboxylic acids is 2. The maximum atomic E-state index is 12.3. The van der Waals surface area contributed by atoms with Crippen LogP contribution in [0.4, 0.5) is 0 Å². The lowest BCUT2D eigenvalue weighted by molar-refractivity contribution is -0.142. The van der Waals surface area contributed by atoms with E-state index >= 15 is 0 Å². The van der Waals surface area contributed by atoms with Gasteiger partial charge in [0.25, 0.3) is 0 Å². The van der Waals surface area contributed by atoms with Crippen molar-refractivity contribution in [3.63, 3.8) is 0 Å². The zero-order valence-corrected chi connectivity index (χ0v) is 10.4. The zero-order chi connectivity index (χ0) is 12.6. The van der Waals surface area contributed by atoms with Crippen LogP contribution in [0.15, 0.2) is 12.5 Å². The van der Waals surface area contributed by atoms with Crippen molar-refractivity contribution in [2.24, 2.45) is 11.3 Å². The monoisotopic (exact) mass is 235 g/mol. The van der Waals surface area contributed by atoms with E-state index in [1.54, 1.807) is 12.5 Å². The number of carbonyl (C=O) groups is 2. The Bertz CT molecular complexity index is 439. The third-order valence-electron chi connectivity index (χ3n) is 3.71. The number of hydrogen-bond donors (Lipinski definition) is 1. The number of nitrogens with zero attached hydrogens (tertiary/aromatic N) is 2. The highest BCUT2D eigenvalue weighted by Crippen LogP contribution is 2.39. The first-order valence-electron chi connectivity index (χ1n) is 5.77. The molecule has 1 aliphatic heterocycles. The molecule has 1 fully saturated rings. The highest BCUT2D eigenvalue weighted by molar-refractivity contribution is 6.05. The predicted octanol–water partition coefficient (Wildman–Crippen LogP) is 1.33. The number of aromatic amines is 1. The highest BCUT2D eigenvalue weighted by atomic mass is 16.2. The summed E-state index contributed by atoms with van der Waals surface area (Å²) in [6.45, 7) is 6.11. The second kappa shape index (κ2) is 3.98.